The molecule has 4 rings (SSSR count). The first-order chi connectivity index (χ1) is 15.9. The van der Waals surface area contributed by atoms with E-state index in [1.807, 2.05) is 67.8 Å². The quantitative estimate of drug-likeness (QED) is 0.362. The molecule has 2 aromatic carbocycles. The molecule has 2 N–H and O–H groups in total. The van der Waals surface area contributed by atoms with E-state index in [4.69, 9.17) is 0 Å². The molecule has 0 atom stereocenters. The first-order valence-electron chi connectivity index (χ1n) is 10.5. The summed E-state index contributed by atoms with van der Waals surface area (Å²) in [5.74, 6) is 0.407. The summed E-state index contributed by atoms with van der Waals surface area (Å²) in [5, 5.41) is 15.3. The number of aromatic nitrogens is 4. The number of fused-ring (bicyclic) bond motifs is 1. The Bertz CT molecular complexity index is 1280. The van der Waals surface area contributed by atoms with E-state index in [2.05, 4.69) is 25.8 Å². The van der Waals surface area contributed by atoms with Gasteiger partial charge < -0.3 is 15.2 Å². The Morgan fingerprint density at radius 3 is 2.64 bits per heavy atom. The van der Waals surface area contributed by atoms with Crippen LogP contribution in [0.2, 0.25) is 0 Å². The fraction of sp³-hybridized carbons (Fsp3) is 0.261. The minimum atomic E-state index is -0.168. The summed E-state index contributed by atoms with van der Waals surface area (Å²) >= 11 is 2.72. The number of amides is 2. The van der Waals surface area contributed by atoms with Crippen LogP contribution in [0.25, 0.3) is 10.2 Å². The van der Waals surface area contributed by atoms with Gasteiger partial charge in [0.1, 0.15) is 5.82 Å². The number of thiazole rings is 1. The Hall–Kier alpha value is -3.24. The number of para-hydroxylation sites is 1. The lowest BCUT2D eigenvalue weighted by molar-refractivity contribution is -0.116. The molecule has 2 aromatic heterocycles. The minimum Gasteiger partial charge on any atom is -0.325 e. The molecule has 0 spiro atoms. The van der Waals surface area contributed by atoms with Gasteiger partial charge in [-0.05, 0) is 44.5 Å². The number of nitrogens with one attached hydrogen (secondary N) is 2. The van der Waals surface area contributed by atoms with Gasteiger partial charge in [-0.2, -0.15) is 0 Å². The molecule has 0 radical (unpaired) electrons. The summed E-state index contributed by atoms with van der Waals surface area (Å²) in [6, 6.07) is 13.6. The maximum absolute atomic E-state index is 12.6. The lowest BCUT2D eigenvalue weighted by Crippen LogP contribution is -2.18. The predicted molar refractivity (Wildman–Crippen MR) is 133 cm³/mol. The summed E-state index contributed by atoms with van der Waals surface area (Å²) in [7, 11) is 0. The number of aryl methyl sites for hydroxylation is 2. The van der Waals surface area contributed by atoms with Crippen LogP contribution in [0, 0.1) is 13.8 Å². The molecule has 0 aliphatic rings. The van der Waals surface area contributed by atoms with E-state index in [-0.39, 0.29) is 24.0 Å². The lowest BCUT2D eigenvalue weighted by atomic mass is 10.1. The number of hydrogen-bond donors (Lipinski definition) is 2. The van der Waals surface area contributed by atoms with E-state index in [0.29, 0.717) is 22.7 Å². The minimum absolute atomic E-state index is 0.104. The third kappa shape index (κ3) is 5.58. The van der Waals surface area contributed by atoms with Crippen molar-refractivity contribution < 1.29 is 9.59 Å². The molecule has 0 unspecified atom stereocenters. The SMILES string of the molecule is CCn1c(CC(=O)Nc2ccc(C)cc2C)nnc1SCC(=O)Nc1nc2ccccc2s1. The monoisotopic (exact) mass is 480 g/mol. The highest BCUT2D eigenvalue weighted by molar-refractivity contribution is 7.99. The first kappa shape index (κ1) is 22.9. The summed E-state index contributed by atoms with van der Waals surface area (Å²) in [6.07, 6.45) is 0.104. The molecular weight excluding hydrogens is 456 g/mol. The average molecular weight is 481 g/mol. The third-order valence-corrected chi connectivity index (χ3v) is 6.88. The summed E-state index contributed by atoms with van der Waals surface area (Å²) in [6.45, 7) is 6.53. The molecule has 0 saturated carbocycles. The highest BCUT2D eigenvalue weighted by atomic mass is 32.2. The zero-order chi connectivity index (χ0) is 23.4. The van der Waals surface area contributed by atoms with E-state index >= 15 is 0 Å². The molecule has 0 bridgehead atoms. The molecule has 0 fully saturated rings. The van der Waals surface area contributed by atoms with Crippen molar-refractivity contribution in [3.05, 3.63) is 59.4 Å². The smallest absolute Gasteiger partial charge is 0.236 e. The number of anilines is 2. The van der Waals surface area contributed by atoms with Gasteiger partial charge in [-0.15, -0.1) is 10.2 Å². The molecule has 0 saturated heterocycles. The summed E-state index contributed by atoms with van der Waals surface area (Å²) < 4.78 is 2.88. The third-order valence-electron chi connectivity index (χ3n) is 4.96. The zero-order valence-electron chi connectivity index (χ0n) is 18.6. The highest BCUT2D eigenvalue weighted by Gasteiger charge is 2.17. The van der Waals surface area contributed by atoms with Crippen molar-refractivity contribution in [2.24, 2.45) is 0 Å². The number of benzene rings is 2. The Kier molecular flexibility index (Phi) is 7.05. The van der Waals surface area contributed by atoms with Crippen molar-refractivity contribution in [2.45, 2.75) is 38.9 Å². The Morgan fingerprint density at radius 1 is 1.06 bits per heavy atom. The van der Waals surface area contributed by atoms with E-state index in [0.717, 1.165) is 27.0 Å². The molecule has 0 aliphatic heterocycles. The lowest BCUT2D eigenvalue weighted by Gasteiger charge is -2.10. The van der Waals surface area contributed by atoms with Gasteiger partial charge in [0.25, 0.3) is 0 Å². The van der Waals surface area contributed by atoms with E-state index < -0.39 is 0 Å². The van der Waals surface area contributed by atoms with E-state index in [9.17, 15) is 9.59 Å². The normalized spacial score (nSPS) is 11.0. The van der Waals surface area contributed by atoms with Gasteiger partial charge in [0.15, 0.2) is 10.3 Å². The number of hydrogen-bond acceptors (Lipinski definition) is 7. The van der Waals surface area contributed by atoms with Crippen molar-refractivity contribution in [1.82, 2.24) is 19.7 Å². The zero-order valence-corrected chi connectivity index (χ0v) is 20.2. The van der Waals surface area contributed by atoms with Gasteiger partial charge in [-0.1, -0.05) is 52.9 Å². The first-order valence-corrected chi connectivity index (χ1v) is 12.3. The Balaban J connectivity index is 1.35. The summed E-state index contributed by atoms with van der Waals surface area (Å²) in [5.41, 5.74) is 3.80. The molecule has 170 valence electrons. The van der Waals surface area contributed by atoms with Gasteiger partial charge in [0, 0.05) is 12.2 Å². The van der Waals surface area contributed by atoms with Gasteiger partial charge >= 0.3 is 0 Å². The number of carbonyl (C=O) groups is 2. The van der Waals surface area contributed by atoms with Crippen LogP contribution in [0.5, 0.6) is 0 Å². The van der Waals surface area contributed by atoms with Gasteiger partial charge in [-0.3, -0.25) is 9.59 Å². The number of nitrogens with zero attached hydrogens (tertiary/aromatic N) is 4. The second-order valence-electron chi connectivity index (χ2n) is 7.51. The molecule has 4 aromatic rings. The van der Waals surface area contributed by atoms with Crippen LogP contribution in [0.1, 0.15) is 23.9 Å². The predicted octanol–water partition coefficient (Wildman–Crippen LogP) is 4.44. The van der Waals surface area contributed by atoms with E-state index in [1.54, 1.807) is 0 Å². The molecule has 8 nitrogen and oxygen atoms in total. The topological polar surface area (TPSA) is 102 Å². The van der Waals surface area contributed by atoms with Gasteiger partial charge in [0.05, 0.1) is 22.4 Å². The molecule has 33 heavy (non-hydrogen) atoms. The molecule has 2 amide bonds. The van der Waals surface area contributed by atoms with Crippen LogP contribution in [0.3, 0.4) is 0 Å². The van der Waals surface area contributed by atoms with Crippen LogP contribution in [0.4, 0.5) is 10.8 Å². The highest BCUT2D eigenvalue weighted by Crippen LogP contribution is 2.26. The van der Waals surface area contributed by atoms with E-state index in [1.165, 1.54) is 23.1 Å². The van der Waals surface area contributed by atoms with Crippen molar-refractivity contribution in [3.63, 3.8) is 0 Å². The number of thioether (sulfide) groups is 1. The fourth-order valence-corrected chi connectivity index (χ4v) is 5.08. The summed E-state index contributed by atoms with van der Waals surface area (Å²) in [4.78, 5) is 29.4. The average Bonchev–Trinajstić information content (AvgIpc) is 3.36. The van der Waals surface area contributed by atoms with Crippen molar-refractivity contribution >= 4 is 55.9 Å². The standard InChI is InChI=1S/C23H24N6O2S2/c1-4-29-19(12-20(30)24-16-10-9-14(2)11-15(16)3)27-28-23(29)32-13-21(31)26-22-25-17-7-5-6-8-18(17)33-22/h5-11H,4,12-13H2,1-3H3,(H,24,30)(H,25,26,31). The van der Waals surface area contributed by atoms with Crippen LogP contribution in [-0.2, 0) is 22.6 Å². The Labute approximate surface area is 199 Å². The maximum Gasteiger partial charge on any atom is 0.236 e. The second-order valence-corrected chi connectivity index (χ2v) is 9.48. The largest absolute Gasteiger partial charge is 0.325 e. The fourth-order valence-electron chi connectivity index (χ4n) is 3.38. The number of carbonyl (C=O) groups excluding carboxylic acids is 2. The van der Waals surface area contributed by atoms with Crippen LogP contribution < -0.4 is 10.6 Å². The van der Waals surface area contributed by atoms with Crippen LogP contribution in [-0.4, -0.2) is 37.3 Å². The Morgan fingerprint density at radius 2 is 1.88 bits per heavy atom. The second kappa shape index (κ2) is 10.1. The van der Waals surface area contributed by atoms with Crippen molar-refractivity contribution in [2.75, 3.05) is 16.4 Å². The molecular formula is C23H24N6O2S2. The van der Waals surface area contributed by atoms with Crippen molar-refractivity contribution in [1.29, 1.82) is 0 Å². The number of rotatable bonds is 8. The maximum atomic E-state index is 12.6. The van der Waals surface area contributed by atoms with Gasteiger partial charge in [0.2, 0.25) is 11.8 Å². The molecule has 2 heterocycles. The molecule has 10 heteroatoms. The molecule has 0 aliphatic carbocycles. The van der Waals surface area contributed by atoms with Crippen LogP contribution >= 0.6 is 23.1 Å². The van der Waals surface area contributed by atoms with Gasteiger partial charge in [-0.25, -0.2) is 4.98 Å². The van der Waals surface area contributed by atoms with Crippen LogP contribution in [0.15, 0.2) is 47.6 Å². The van der Waals surface area contributed by atoms with Crippen molar-refractivity contribution in [3.8, 4) is 0 Å².